The molecule has 6 heteroatoms. The van der Waals surface area contributed by atoms with Crippen LogP contribution in [0.3, 0.4) is 0 Å². The molecule has 0 aliphatic rings. The van der Waals surface area contributed by atoms with Crippen LogP contribution in [-0.4, -0.2) is 14.8 Å². The molecular formula is C8H6Cl2N4. The monoisotopic (exact) mass is 228 g/mol. The molecule has 0 amide bonds. The molecule has 14 heavy (non-hydrogen) atoms. The molecule has 0 spiro atoms. The Morgan fingerprint density at radius 2 is 2.07 bits per heavy atom. The first kappa shape index (κ1) is 9.30. The number of nitrogen functional groups attached to an aromatic ring is 1. The van der Waals surface area contributed by atoms with Gasteiger partial charge in [0.25, 0.3) is 0 Å². The van der Waals surface area contributed by atoms with Crippen LogP contribution in [-0.2, 0) is 0 Å². The van der Waals surface area contributed by atoms with E-state index in [2.05, 4.69) is 10.1 Å². The minimum atomic E-state index is 0.326. The molecular weight excluding hydrogens is 223 g/mol. The Bertz CT molecular complexity index is 446. The summed E-state index contributed by atoms with van der Waals surface area (Å²) in [6.07, 6.45) is 3.14. The molecule has 0 radical (unpaired) electrons. The number of hydrogen-bond donors (Lipinski definition) is 1. The molecule has 0 atom stereocenters. The van der Waals surface area contributed by atoms with Gasteiger partial charge in [-0.15, -0.1) is 0 Å². The van der Waals surface area contributed by atoms with Gasteiger partial charge < -0.3 is 5.73 Å². The SMILES string of the molecule is Nc1cc(Cl)nc(-n2cc(Cl)cn2)c1. The van der Waals surface area contributed by atoms with Crippen LogP contribution in [0.5, 0.6) is 0 Å². The number of nitrogens with zero attached hydrogens (tertiary/aromatic N) is 3. The average molecular weight is 229 g/mol. The zero-order valence-corrected chi connectivity index (χ0v) is 8.50. The lowest BCUT2D eigenvalue weighted by atomic mass is 10.4. The summed E-state index contributed by atoms with van der Waals surface area (Å²) in [5.41, 5.74) is 6.14. The molecule has 2 aromatic heterocycles. The molecule has 4 nitrogen and oxygen atoms in total. The van der Waals surface area contributed by atoms with Gasteiger partial charge in [0, 0.05) is 11.8 Å². The second kappa shape index (κ2) is 3.48. The zero-order valence-electron chi connectivity index (χ0n) is 6.98. The molecule has 0 bridgehead atoms. The molecule has 2 N–H and O–H groups in total. The van der Waals surface area contributed by atoms with Crippen molar-refractivity contribution in [3.63, 3.8) is 0 Å². The zero-order chi connectivity index (χ0) is 10.1. The van der Waals surface area contributed by atoms with E-state index in [1.807, 2.05) is 0 Å². The van der Waals surface area contributed by atoms with Gasteiger partial charge >= 0.3 is 0 Å². The standard InChI is InChI=1S/C8H6Cl2N4/c9-5-3-12-14(4-5)8-2-6(11)1-7(10)13-8/h1-4H,(H2,11,13). The van der Waals surface area contributed by atoms with Crippen LogP contribution < -0.4 is 5.73 Å². The molecule has 72 valence electrons. The maximum absolute atomic E-state index is 5.74. The fraction of sp³-hybridized carbons (Fsp3) is 0. The molecule has 0 unspecified atom stereocenters. The maximum Gasteiger partial charge on any atom is 0.157 e. The summed E-state index contributed by atoms with van der Waals surface area (Å²) in [5.74, 6) is 0.543. The smallest absolute Gasteiger partial charge is 0.157 e. The number of anilines is 1. The van der Waals surface area contributed by atoms with Crippen molar-refractivity contribution >= 4 is 28.9 Å². The molecule has 2 rings (SSSR count). The van der Waals surface area contributed by atoms with Gasteiger partial charge in [0.1, 0.15) is 5.15 Å². The Kier molecular flexibility index (Phi) is 2.31. The minimum absolute atomic E-state index is 0.326. The Balaban J connectivity index is 2.51. The summed E-state index contributed by atoms with van der Waals surface area (Å²) in [4.78, 5) is 4.04. The summed E-state index contributed by atoms with van der Waals surface area (Å²) in [6, 6.07) is 3.23. The third kappa shape index (κ3) is 1.81. The van der Waals surface area contributed by atoms with Crippen molar-refractivity contribution < 1.29 is 0 Å². The highest BCUT2D eigenvalue weighted by Crippen LogP contribution is 2.16. The van der Waals surface area contributed by atoms with Crippen molar-refractivity contribution in [1.29, 1.82) is 0 Å². The Morgan fingerprint density at radius 3 is 2.64 bits per heavy atom. The van der Waals surface area contributed by atoms with Crippen molar-refractivity contribution in [1.82, 2.24) is 14.8 Å². The van der Waals surface area contributed by atoms with E-state index in [-0.39, 0.29) is 0 Å². The van der Waals surface area contributed by atoms with Gasteiger partial charge in [-0.2, -0.15) is 5.10 Å². The predicted molar refractivity (Wildman–Crippen MR) is 55.8 cm³/mol. The van der Waals surface area contributed by atoms with Crippen LogP contribution in [0.2, 0.25) is 10.2 Å². The first-order valence-corrected chi connectivity index (χ1v) is 4.54. The third-order valence-electron chi connectivity index (χ3n) is 1.59. The highest BCUT2D eigenvalue weighted by atomic mass is 35.5. The van der Waals surface area contributed by atoms with E-state index < -0.39 is 0 Å². The molecule has 0 fully saturated rings. The Labute approximate surface area is 90.3 Å². The maximum atomic E-state index is 5.74. The Morgan fingerprint density at radius 1 is 1.29 bits per heavy atom. The van der Waals surface area contributed by atoms with Crippen LogP contribution in [0.15, 0.2) is 24.5 Å². The van der Waals surface area contributed by atoms with E-state index in [9.17, 15) is 0 Å². The van der Waals surface area contributed by atoms with E-state index in [1.54, 1.807) is 18.3 Å². The van der Waals surface area contributed by atoms with Crippen LogP contribution in [0.4, 0.5) is 5.69 Å². The second-order valence-electron chi connectivity index (χ2n) is 2.68. The number of pyridine rings is 1. The number of aromatic nitrogens is 3. The van der Waals surface area contributed by atoms with Crippen molar-refractivity contribution in [2.45, 2.75) is 0 Å². The first-order chi connectivity index (χ1) is 6.65. The molecule has 0 saturated heterocycles. The lowest BCUT2D eigenvalue weighted by Gasteiger charge is -2.01. The van der Waals surface area contributed by atoms with E-state index in [0.717, 1.165) is 0 Å². The van der Waals surface area contributed by atoms with Crippen LogP contribution in [0.1, 0.15) is 0 Å². The molecule has 0 aromatic carbocycles. The van der Waals surface area contributed by atoms with Gasteiger partial charge in [-0.05, 0) is 6.07 Å². The van der Waals surface area contributed by atoms with Gasteiger partial charge in [0.2, 0.25) is 0 Å². The summed E-state index contributed by atoms with van der Waals surface area (Å²) in [5, 5.41) is 4.83. The van der Waals surface area contributed by atoms with Gasteiger partial charge in [-0.1, -0.05) is 23.2 Å². The highest BCUT2D eigenvalue weighted by molar-refractivity contribution is 6.30. The topological polar surface area (TPSA) is 56.7 Å². The summed E-state index contributed by atoms with van der Waals surface area (Å²) in [7, 11) is 0. The van der Waals surface area contributed by atoms with Crippen molar-refractivity contribution in [3.05, 3.63) is 34.7 Å². The summed E-state index contributed by atoms with van der Waals surface area (Å²) < 4.78 is 1.50. The number of nitrogens with two attached hydrogens (primary N) is 1. The molecule has 2 heterocycles. The second-order valence-corrected chi connectivity index (χ2v) is 3.51. The van der Waals surface area contributed by atoms with Crippen LogP contribution in [0.25, 0.3) is 5.82 Å². The third-order valence-corrected chi connectivity index (χ3v) is 1.98. The number of hydrogen-bond acceptors (Lipinski definition) is 3. The van der Waals surface area contributed by atoms with Crippen LogP contribution >= 0.6 is 23.2 Å². The lowest BCUT2D eigenvalue weighted by molar-refractivity contribution is 0.848. The minimum Gasteiger partial charge on any atom is -0.399 e. The Hall–Kier alpha value is -1.26. The largest absolute Gasteiger partial charge is 0.399 e. The van der Waals surface area contributed by atoms with E-state index >= 15 is 0 Å². The van der Waals surface area contributed by atoms with E-state index in [4.69, 9.17) is 28.9 Å². The van der Waals surface area contributed by atoms with E-state index in [0.29, 0.717) is 21.7 Å². The average Bonchev–Trinajstić information content (AvgIpc) is 2.50. The molecule has 2 aromatic rings. The molecule has 0 aliphatic carbocycles. The van der Waals surface area contributed by atoms with Crippen molar-refractivity contribution in [2.75, 3.05) is 5.73 Å². The number of rotatable bonds is 1. The molecule has 0 aliphatic heterocycles. The van der Waals surface area contributed by atoms with Gasteiger partial charge in [-0.25, -0.2) is 9.67 Å². The molecule has 0 saturated carbocycles. The van der Waals surface area contributed by atoms with Crippen LogP contribution in [0, 0.1) is 0 Å². The van der Waals surface area contributed by atoms with Gasteiger partial charge in [0.05, 0.1) is 17.4 Å². The lowest BCUT2D eigenvalue weighted by Crippen LogP contribution is -1.99. The van der Waals surface area contributed by atoms with Gasteiger partial charge in [-0.3, -0.25) is 0 Å². The van der Waals surface area contributed by atoms with Crippen molar-refractivity contribution in [2.24, 2.45) is 0 Å². The summed E-state index contributed by atoms with van der Waals surface area (Å²) >= 11 is 11.5. The first-order valence-electron chi connectivity index (χ1n) is 3.79. The summed E-state index contributed by atoms with van der Waals surface area (Å²) in [6.45, 7) is 0. The van der Waals surface area contributed by atoms with Crippen molar-refractivity contribution in [3.8, 4) is 5.82 Å². The quantitative estimate of drug-likeness (QED) is 0.762. The number of halogens is 2. The fourth-order valence-electron chi connectivity index (χ4n) is 1.05. The van der Waals surface area contributed by atoms with Gasteiger partial charge in [0.15, 0.2) is 5.82 Å². The predicted octanol–water partition coefficient (Wildman–Crippen LogP) is 2.16. The van der Waals surface area contributed by atoms with E-state index in [1.165, 1.54) is 10.9 Å². The fourth-order valence-corrected chi connectivity index (χ4v) is 1.39. The normalized spacial score (nSPS) is 10.4. The highest BCUT2D eigenvalue weighted by Gasteiger charge is 2.02.